The molecule has 0 amide bonds. The minimum atomic E-state index is -2.47. The van der Waals surface area contributed by atoms with E-state index in [1.54, 1.807) is 17.9 Å². The number of ether oxygens (including phenoxy) is 2. The molecule has 7 nitrogen and oxygen atoms in total. The number of hydrogen-bond acceptors (Lipinski definition) is 5. The van der Waals surface area contributed by atoms with Crippen LogP contribution in [0, 0.1) is 5.82 Å². The summed E-state index contributed by atoms with van der Waals surface area (Å²) in [5, 5.41) is 7.81. The van der Waals surface area contributed by atoms with Gasteiger partial charge in [-0.3, -0.25) is 9.58 Å². The van der Waals surface area contributed by atoms with Gasteiger partial charge in [-0.05, 0) is 86.9 Å². The molecule has 0 radical (unpaired) electrons. The highest BCUT2D eigenvalue weighted by molar-refractivity contribution is 6.35. The molecule has 0 N–H and O–H groups in total. The van der Waals surface area contributed by atoms with Gasteiger partial charge in [0, 0.05) is 47.7 Å². The Hall–Kier alpha value is -4.02. The number of carbonyl (C=O) groups is 1. The summed E-state index contributed by atoms with van der Waals surface area (Å²) >= 11 is 7.07. The maximum absolute atomic E-state index is 13.8. The third kappa shape index (κ3) is 6.65. The molecule has 6 rings (SSSR count). The fourth-order valence-electron chi connectivity index (χ4n) is 7.09. The number of nitrogens with zero attached hydrogens (tertiary/aromatic N) is 4. The number of aromatic nitrogens is 3. The zero-order chi connectivity index (χ0) is 33.9. The zero-order valence-corrected chi connectivity index (χ0v) is 28.3. The van der Waals surface area contributed by atoms with Gasteiger partial charge in [-0.1, -0.05) is 36.7 Å². The van der Waals surface area contributed by atoms with Gasteiger partial charge in [0.15, 0.2) is 0 Å². The monoisotopic (exact) mass is 680 g/mol. The molecule has 1 aliphatic rings. The summed E-state index contributed by atoms with van der Waals surface area (Å²) in [6, 6.07) is 14.0. The summed E-state index contributed by atoms with van der Waals surface area (Å²) in [4.78, 5) is 15.5. The van der Waals surface area contributed by atoms with Crippen LogP contribution in [0.4, 0.5) is 13.2 Å². The first-order valence-corrected chi connectivity index (χ1v) is 17.0. The molecule has 5 aromatic rings. The lowest BCUT2D eigenvalue weighted by atomic mass is 9.97. The quantitative estimate of drug-likeness (QED) is 0.109. The van der Waals surface area contributed by atoms with Crippen molar-refractivity contribution in [3.8, 4) is 16.9 Å². The molecule has 0 saturated heterocycles. The minimum Gasteiger partial charge on any atom is -0.493 e. The van der Waals surface area contributed by atoms with Gasteiger partial charge in [0.1, 0.15) is 17.3 Å². The van der Waals surface area contributed by atoms with Crippen LogP contribution in [0.2, 0.25) is 5.02 Å². The second kappa shape index (κ2) is 14.6. The molecule has 0 spiro atoms. The average Bonchev–Trinajstić information content (AvgIpc) is 3.52. The van der Waals surface area contributed by atoms with Gasteiger partial charge in [-0.2, -0.15) is 5.10 Å². The predicted molar refractivity (Wildman–Crippen MR) is 183 cm³/mol. The van der Waals surface area contributed by atoms with Crippen LogP contribution in [0.1, 0.15) is 60.5 Å². The smallest absolute Gasteiger partial charge is 0.355 e. The van der Waals surface area contributed by atoms with Crippen molar-refractivity contribution in [3.05, 3.63) is 82.0 Å². The number of rotatable bonds is 10. The lowest BCUT2D eigenvalue weighted by molar-refractivity contribution is 0.0512. The lowest BCUT2D eigenvalue weighted by Gasteiger charge is -2.21. The molecule has 2 aromatic heterocycles. The molecule has 254 valence electrons. The Morgan fingerprint density at radius 1 is 1.04 bits per heavy atom. The van der Waals surface area contributed by atoms with Gasteiger partial charge in [0.2, 0.25) is 0 Å². The molecule has 11 heteroatoms. The third-order valence-corrected chi connectivity index (χ3v) is 9.39. The van der Waals surface area contributed by atoms with Crippen LogP contribution in [-0.4, -0.2) is 57.9 Å². The first kappa shape index (κ1) is 33.9. The van der Waals surface area contributed by atoms with Crippen LogP contribution in [0.15, 0.2) is 48.5 Å². The predicted octanol–water partition coefficient (Wildman–Crippen LogP) is 8.60. The molecule has 1 aliphatic heterocycles. The highest BCUT2D eigenvalue weighted by Gasteiger charge is 2.30. The molecular weight excluding hydrogens is 641 g/mol. The summed E-state index contributed by atoms with van der Waals surface area (Å²) in [5.41, 5.74) is 5.35. The Morgan fingerprint density at radius 2 is 1.83 bits per heavy atom. The van der Waals surface area contributed by atoms with Crippen LogP contribution < -0.4 is 4.74 Å². The molecular formula is C37H40ClF3N4O3. The molecule has 3 aromatic carbocycles. The molecule has 0 fully saturated rings. The van der Waals surface area contributed by atoms with E-state index in [2.05, 4.69) is 0 Å². The number of hydrogen-bond donors (Lipinski definition) is 0. The van der Waals surface area contributed by atoms with E-state index in [1.165, 1.54) is 12.1 Å². The van der Waals surface area contributed by atoms with Crippen molar-refractivity contribution in [2.45, 2.75) is 65.5 Å². The SMILES string of the molecule is CCOC(=O)c1c(CCCOc2cccc3cc(F)ccc23)c2ccc(Cl)c3c2n1CCCCN(CC(F)F)Cc1nn(C)c(CC)c1-3. The number of halogens is 4. The standard InChI is InChI=1S/C37H40ClF3N4O3/c1-4-30-34-29(42-43(30)3)21-44(22-32(40)41)17-6-7-18-45-35-27(15-16-28(38)33(34)35)26(36(45)37(46)47-5-2)11-9-19-48-31-12-8-10-23-20-24(39)13-14-25(23)31/h8,10,12-16,20,32H,4-7,9,11,17-19,21-22H2,1-3H3. The molecule has 0 saturated carbocycles. The van der Waals surface area contributed by atoms with E-state index in [4.69, 9.17) is 26.2 Å². The van der Waals surface area contributed by atoms with Gasteiger partial charge in [0.25, 0.3) is 6.43 Å². The first-order valence-electron chi connectivity index (χ1n) is 16.6. The van der Waals surface area contributed by atoms with Crippen molar-refractivity contribution < 1.29 is 27.4 Å². The van der Waals surface area contributed by atoms with E-state index in [1.807, 2.05) is 53.6 Å². The number of carbonyl (C=O) groups excluding carboxylic acids is 1. The van der Waals surface area contributed by atoms with Crippen molar-refractivity contribution in [1.82, 2.24) is 19.2 Å². The van der Waals surface area contributed by atoms with Crippen molar-refractivity contribution in [2.75, 3.05) is 26.3 Å². The van der Waals surface area contributed by atoms with Gasteiger partial charge < -0.3 is 14.0 Å². The lowest BCUT2D eigenvalue weighted by Crippen LogP contribution is -2.30. The number of benzene rings is 3. The molecule has 0 bridgehead atoms. The van der Waals surface area contributed by atoms with Gasteiger partial charge in [-0.25, -0.2) is 18.0 Å². The summed E-state index contributed by atoms with van der Waals surface area (Å²) in [7, 11) is 1.87. The second-order valence-corrected chi connectivity index (χ2v) is 12.6. The van der Waals surface area contributed by atoms with E-state index in [0.29, 0.717) is 74.0 Å². The van der Waals surface area contributed by atoms with Crippen molar-refractivity contribution in [2.24, 2.45) is 7.05 Å². The molecule has 48 heavy (non-hydrogen) atoms. The Labute approximate surface area is 283 Å². The molecule has 0 atom stereocenters. The zero-order valence-electron chi connectivity index (χ0n) is 27.5. The van der Waals surface area contributed by atoms with Crippen molar-refractivity contribution >= 4 is 39.2 Å². The fourth-order valence-corrected chi connectivity index (χ4v) is 7.34. The van der Waals surface area contributed by atoms with E-state index < -0.39 is 12.4 Å². The van der Waals surface area contributed by atoms with E-state index in [0.717, 1.165) is 44.1 Å². The van der Waals surface area contributed by atoms with Crippen LogP contribution in [0.25, 0.3) is 32.8 Å². The van der Waals surface area contributed by atoms with Crippen LogP contribution in [0.5, 0.6) is 5.75 Å². The Morgan fingerprint density at radius 3 is 2.60 bits per heavy atom. The topological polar surface area (TPSA) is 61.5 Å². The Bertz CT molecular complexity index is 1950. The van der Waals surface area contributed by atoms with E-state index in [9.17, 15) is 18.0 Å². The normalized spacial score (nSPS) is 14.0. The van der Waals surface area contributed by atoms with Crippen LogP contribution in [-0.2, 0) is 37.7 Å². The van der Waals surface area contributed by atoms with Gasteiger partial charge >= 0.3 is 5.97 Å². The summed E-state index contributed by atoms with van der Waals surface area (Å²) in [6.45, 7) is 5.28. The number of aryl methyl sites for hydroxylation is 3. The Balaban J connectivity index is 1.45. The highest BCUT2D eigenvalue weighted by atomic mass is 35.5. The number of fused-ring (bicyclic) bond motifs is 3. The largest absolute Gasteiger partial charge is 0.493 e. The van der Waals surface area contributed by atoms with Crippen LogP contribution in [0.3, 0.4) is 0 Å². The van der Waals surface area contributed by atoms with Gasteiger partial charge in [0.05, 0.1) is 36.0 Å². The summed E-state index contributed by atoms with van der Waals surface area (Å²) in [5.74, 6) is -0.0526. The number of esters is 1. The van der Waals surface area contributed by atoms with E-state index in [-0.39, 0.29) is 25.5 Å². The average molecular weight is 681 g/mol. The first-order chi connectivity index (χ1) is 23.2. The molecule has 0 aliphatic carbocycles. The highest BCUT2D eigenvalue weighted by Crippen LogP contribution is 2.43. The fraction of sp³-hybridized carbons (Fsp3) is 0.405. The van der Waals surface area contributed by atoms with Crippen molar-refractivity contribution in [3.63, 3.8) is 0 Å². The minimum absolute atomic E-state index is 0.216. The molecule has 3 heterocycles. The van der Waals surface area contributed by atoms with E-state index >= 15 is 0 Å². The van der Waals surface area contributed by atoms with Crippen molar-refractivity contribution in [1.29, 1.82) is 0 Å². The second-order valence-electron chi connectivity index (χ2n) is 12.2. The number of alkyl halides is 2. The van der Waals surface area contributed by atoms with Crippen LogP contribution >= 0.6 is 11.6 Å². The third-order valence-electron chi connectivity index (χ3n) is 9.08. The maximum atomic E-state index is 13.8. The molecule has 0 unspecified atom stereocenters. The Kier molecular flexibility index (Phi) is 10.3. The summed E-state index contributed by atoms with van der Waals surface area (Å²) in [6.07, 6.45) is 0.628. The van der Waals surface area contributed by atoms with Gasteiger partial charge in [-0.15, -0.1) is 0 Å². The maximum Gasteiger partial charge on any atom is 0.355 e. The summed E-state index contributed by atoms with van der Waals surface area (Å²) < 4.78 is 56.8.